The summed E-state index contributed by atoms with van der Waals surface area (Å²) in [5.74, 6) is -0.192. The van der Waals surface area contributed by atoms with E-state index < -0.39 is 0 Å². The summed E-state index contributed by atoms with van der Waals surface area (Å²) in [7, 11) is 0. The van der Waals surface area contributed by atoms with Gasteiger partial charge in [0.2, 0.25) is 0 Å². The van der Waals surface area contributed by atoms with Gasteiger partial charge in [0.1, 0.15) is 0 Å². The molecule has 1 aliphatic heterocycles. The van der Waals surface area contributed by atoms with Crippen LogP contribution in [0.4, 0.5) is 0 Å². The highest BCUT2D eigenvalue weighted by Crippen LogP contribution is 2.25. The number of pyridine rings is 1. The number of nitrogens with one attached hydrogen (secondary N) is 1. The maximum absolute atomic E-state index is 13.0. The molecular weight excluding hydrogens is 360 g/mol. The standard InChI is InChI=1S/C24H26N4O/c1-3-28-14-12-19(13-15-28)26-27-24(29)21-16-23(18-10-8-17(2)9-11-18)25-22-7-5-4-6-20(21)22/h4-11,16H,3,12-15H2,1-2H3,(H,27,29). The molecule has 1 aromatic heterocycles. The number of aryl methyl sites for hydroxylation is 1. The van der Waals surface area contributed by atoms with Crippen LogP contribution >= 0.6 is 0 Å². The van der Waals surface area contributed by atoms with Gasteiger partial charge in [0, 0.05) is 42.6 Å². The number of aromatic nitrogens is 1. The van der Waals surface area contributed by atoms with Crippen LogP contribution in [0.15, 0.2) is 59.7 Å². The van der Waals surface area contributed by atoms with E-state index in [1.54, 1.807) is 0 Å². The van der Waals surface area contributed by atoms with Gasteiger partial charge < -0.3 is 4.90 Å². The minimum atomic E-state index is -0.192. The second-order valence-electron chi connectivity index (χ2n) is 7.49. The summed E-state index contributed by atoms with van der Waals surface area (Å²) >= 11 is 0. The average molecular weight is 386 g/mol. The van der Waals surface area contributed by atoms with Gasteiger partial charge in [-0.05, 0) is 25.6 Å². The number of fused-ring (bicyclic) bond motifs is 1. The van der Waals surface area contributed by atoms with E-state index in [1.165, 1.54) is 5.56 Å². The Morgan fingerprint density at radius 2 is 1.83 bits per heavy atom. The fourth-order valence-electron chi connectivity index (χ4n) is 3.66. The number of likely N-dealkylation sites (tertiary alicyclic amines) is 1. The molecule has 4 rings (SSSR count). The highest BCUT2D eigenvalue weighted by molar-refractivity contribution is 6.07. The minimum absolute atomic E-state index is 0.192. The zero-order valence-electron chi connectivity index (χ0n) is 17.0. The van der Waals surface area contributed by atoms with Crippen molar-refractivity contribution < 1.29 is 4.79 Å². The Morgan fingerprint density at radius 3 is 2.55 bits per heavy atom. The third kappa shape index (κ3) is 4.35. The lowest BCUT2D eigenvalue weighted by atomic mass is 10.0. The Labute approximate surface area is 171 Å². The molecule has 1 aliphatic rings. The largest absolute Gasteiger partial charge is 0.303 e. The quantitative estimate of drug-likeness (QED) is 0.676. The Kier molecular flexibility index (Phi) is 5.67. The minimum Gasteiger partial charge on any atom is -0.303 e. The van der Waals surface area contributed by atoms with Gasteiger partial charge in [-0.25, -0.2) is 10.4 Å². The molecule has 0 aliphatic carbocycles. The van der Waals surface area contributed by atoms with E-state index >= 15 is 0 Å². The molecule has 0 unspecified atom stereocenters. The molecule has 0 radical (unpaired) electrons. The molecule has 0 spiro atoms. The summed E-state index contributed by atoms with van der Waals surface area (Å²) in [5, 5.41) is 5.25. The molecule has 5 nitrogen and oxygen atoms in total. The third-order valence-electron chi connectivity index (χ3n) is 5.50. The average Bonchev–Trinajstić information content (AvgIpc) is 2.77. The van der Waals surface area contributed by atoms with Crippen molar-refractivity contribution in [3.63, 3.8) is 0 Å². The van der Waals surface area contributed by atoms with E-state index in [0.29, 0.717) is 5.56 Å². The lowest BCUT2D eigenvalue weighted by Crippen LogP contribution is -2.34. The molecule has 0 saturated carbocycles. The molecule has 1 saturated heterocycles. The van der Waals surface area contributed by atoms with Crippen LogP contribution < -0.4 is 5.43 Å². The normalized spacial score (nSPS) is 14.8. The number of hydrogen-bond donors (Lipinski definition) is 1. The molecule has 3 aromatic rings. The Morgan fingerprint density at radius 1 is 1.10 bits per heavy atom. The fourth-order valence-corrected chi connectivity index (χ4v) is 3.66. The van der Waals surface area contributed by atoms with Crippen molar-refractivity contribution in [1.29, 1.82) is 0 Å². The van der Waals surface area contributed by atoms with Crippen molar-refractivity contribution in [3.8, 4) is 11.3 Å². The maximum atomic E-state index is 13.0. The number of carbonyl (C=O) groups is 1. The summed E-state index contributed by atoms with van der Waals surface area (Å²) in [6.07, 6.45) is 1.81. The van der Waals surface area contributed by atoms with Gasteiger partial charge in [0.25, 0.3) is 5.91 Å². The molecule has 2 heterocycles. The predicted octanol–water partition coefficient (Wildman–Crippen LogP) is 4.41. The Hall–Kier alpha value is -3.05. The van der Waals surface area contributed by atoms with Gasteiger partial charge in [-0.2, -0.15) is 5.10 Å². The molecule has 2 aromatic carbocycles. The van der Waals surface area contributed by atoms with Gasteiger partial charge in [0.05, 0.1) is 16.8 Å². The van der Waals surface area contributed by atoms with E-state index in [-0.39, 0.29) is 5.91 Å². The van der Waals surface area contributed by atoms with Gasteiger partial charge in [-0.15, -0.1) is 0 Å². The number of piperidine rings is 1. The number of amides is 1. The zero-order valence-corrected chi connectivity index (χ0v) is 17.0. The summed E-state index contributed by atoms with van der Waals surface area (Å²) < 4.78 is 0. The van der Waals surface area contributed by atoms with Crippen LogP contribution in [0, 0.1) is 6.92 Å². The van der Waals surface area contributed by atoms with Crippen molar-refractivity contribution in [3.05, 3.63) is 65.7 Å². The predicted molar refractivity (Wildman–Crippen MR) is 118 cm³/mol. The second kappa shape index (κ2) is 8.53. The smallest absolute Gasteiger partial charge is 0.272 e. The van der Waals surface area contributed by atoms with Gasteiger partial charge in [0.15, 0.2) is 0 Å². The van der Waals surface area contributed by atoms with Crippen molar-refractivity contribution in [2.75, 3.05) is 19.6 Å². The number of nitrogens with zero attached hydrogens (tertiary/aromatic N) is 3. The first-order valence-corrected chi connectivity index (χ1v) is 10.2. The van der Waals surface area contributed by atoms with Gasteiger partial charge >= 0.3 is 0 Å². The molecule has 0 bridgehead atoms. The summed E-state index contributed by atoms with van der Waals surface area (Å²) in [4.78, 5) is 20.2. The van der Waals surface area contributed by atoms with Crippen LogP contribution in [-0.4, -0.2) is 41.1 Å². The molecule has 5 heteroatoms. The molecule has 0 atom stereocenters. The highest BCUT2D eigenvalue weighted by Gasteiger charge is 2.16. The number of rotatable bonds is 4. The van der Waals surface area contributed by atoms with Crippen molar-refractivity contribution in [2.45, 2.75) is 26.7 Å². The highest BCUT2D eigenvalue weighted by atomic mass is 16.2. The van der Waals surface area contributed by atoms with E-state index in [0.717, 1.165) is 60.3 Å². The zero-order chi connectivity index (χ0) is 20.2. The lowest BCUT2D eigenvalue weighted by molar-refractivity contribution is 0.0956. The van der Waals surface area contributed by atoms with Crippen LogP contribution in [0.2, 0.25) is 0 Å². The van der Waals surface area contributed by atoms with Crippen molar-refractivity contribution in [1.82, 2.24) is 15.3 Å². The van der Waals surface area contributed by atoms with Crippen LogP contribution in [0.25, 0.3) is 22.2 Å². The maximum Gasteiger partial charge on any atom is 0.272 e. The van der Waals surface area contributed by atoms with Crippen LogP contribution in [-0.2, 0) is 0 Å². The molecule has 1 fully saturated rings. The third-order valence-corrected chi connectivity index (χ3v) is 5.50. The van der Waals surface area contributed by atoms with E-state index in [4.69, 9.17) is 4.98 Å². The summed E-state index contributed by atoms with van der Waals surface area (Å²) in [6, 6.07) is 17.8. The van der Waals surface area contributed by atoms with E-state index in [1.807, 2.05) is 42.5 Å². The van der Waals surface area contributed by atoms with Crippen molar-refractivity contribution in [2.24, 2.45) is 5.10 Å². The molecular formula is C24H26N4O. The Balaban J connectivity index is 1.63. The summed E-state index contributed by atoms with van der Waals surface area (Å²) in [5.41, 5.74) is 8.22. The van der Waals surface area contributed by atoms with E-state index in [9.17, 15) is 4.79 Å². The number of para-hydroxylation sites is 1. The van der Waals surface area contributed by atoms with Crippen LogP contribution in [0.5, 0.6) is 0 Å². The number of carbonyl (C=O) groups excluding carboxylic acids is 1. The fraction of sp³-hybridized carbons (Fsp3) is 0.292. The SMILES string of the molecule is CCN1CCC(=NNC(=O)c2cc(-c3ccc(C)cc3)nc3ccccc23)CC1. The van der Waals surface area contributed by atoms with Crippen LogP contribution in [0.3, 0.4) is 0 Å². The monoisotopic (exact) mass is 386 g/mol. The molecule has 148 valence electrons. The molecule has 1 N–H and O–H groups in total. The molecule has 29 heavy (non-hydrogen) atoms. The second-order valence-corrected chi connectivity index (χ2v) is 7.49. The van der Waals surface area contributed by atoms with Crippen molar-refractivity contribution >= 4 is 22.5 Å². The topological polar surface area (TPSA) is 57.6 Å². The van der Waals surface area contributed by atoms with Gasteiger partial charge in [-0.1, -0.05) is 55.0 Å². The number of benzene rings is 2. The number of hydrogen-bond acceptors (Lipinski definition) is 4. The van der Waals surface area contributed by atoms with Crippen LogP contribution in [0.1, 0.15) is 35.7 Å². The first-order valence-electron chi connectivity index (χ1n) is 10.2. The molecule has 1 amide bonds. The number of hydrazone groups is 1. The first kappa shape index (κ1) is 19.3. The van der Waals surface area contributed by atoms with E-state index in [2.05, 4.69) is 41.4 Å². The Bertz CT molecular complexity index is 1050. The first-order chi connectivity index (χ1) is 14.1. The summed E-state index contributed by atoms with van der Waals surface area (Å²) in [6.45, 7) is 7.29. The van der Waals surface area contributed by atoms with Gasteiger partial charge in [-0.3, -0.25) is 4.79 Å². The lowest BCUT2D eigenvalue weighted by Gasteiger charge is -2.25.